The van der Waals surface area contributed by atoms with Crippen molar-refractivity contribution in [1.82, 2.24) is 10.6 Å². The lowest BCUT2D eigenvalue weighted by Gasteiger charge is -2.28. The quantitative estimate of drug-likeness (QED) is 0.669. The highest BCUT2D eigenvalue weighted by molar-refractivity contribution is 5.93. The lowest BCUT2D eigenvalue weighted by atomic mass is 10.0. The van der Waals surface area contributed by atoms with Crippen LogP contribution in [0.4, 0.5) is 18.0 Å². The van der Waals surface area contributed by atoms with Crippen LogP contribution < -0.4 is 10.6 Å². The summed E-state index contributed by atoms with van der Waals surface area (Å²) in [6.07, 6.45) is -6.23. The monoisotopic (exact) mass is 286 g/mol. The molecule has 0 fully saturated rings. The molecule has 110 valence electrons. The molecule has 0 heterocycles. The van der Waals surface area contributed by atoms with Crippen LogP contribution in [0.5, 0.6) is 0 Å². The summed E-state index contributed by atoms with van der Waals surface area (Å²) in [5, 5.41) is 11.7. The van der Waals surface area contributed by atoms with Gasteiger partial charge < -0.3 is 9.84 Å². The minimum Gasteiger partial charge on any atom is -0.480 e. The van der Waals surface area contributed by atoms with Crippen LogP contribution in [0.15, 0.2) is 0 Å². The molecular formula is C9H13F3N2O5. The third kappa shape index (κ3) is 4.73. The number of alkyl halides is 3. The number of hydrogen-bond acceptors (Lipinski definition) is 5. The van der Waals surface area contributed by atoms with E-state index in [0.29, 0.717) is 6.92 Å². The van der Waals surface area contributed by atoms with Gasteiger partial charge in [-0.25, -0.2) is 9.59 Å². The molecule has 0 aliphatic rings. The van der Waals surface area contributed by atoms with E-state index in [1.54, 1.807) is 5.32 Å². The first kappa shape index (κ1) is 17.2. The van der Waals surface area contributed by atoms with Crippen molar-refractivity contribution in [3.63, 3.8) is 0 Å². The Morgan fingerprint density at radius 2 is 1.79 bits per heavy atom. The fourth-order valence-electron chi connectivity index (χ4n) is 0.879. The second-order valence-corrected chi connectivity index (χ2v) is 3.55. The Balaban J connectivity index is 4.55. The number of alkyl carbamates (subject to hydrolysis) is 1. The third-order valence-corrected chi connectivity index (χ3v) is 2.11. The van der Waals surface area contributed by atoms with E-state index < -0.39 is 36.2 Å². The summed E-state index contributed by atoms with van der Waals surface area (Å²) in [4.78, 5) is 32.5. The van der Waals surface area contributed by atoms with Crippen molar-refractivity contribution >= 4 is 18.0 Å². The van der Waals surface area contributed by atoms with Gasteiger partial charge in [0, 0.05) is 0 Å². The molecule has 0 saturated carbocycles. The predicted octanol–water partition coefficient (Wildman–Crippen LogP) is 0.254. The fraction of sp³-hybridized carbons (Fsp3) is 0.667. The molecular weight excluding hydrogens is 273 g/mol. The van der Waals surface area contributed by atoms with Gasteiger partial charge in [0.05, 0.1) is 13.2 Å². The summed E-state index contributed by atoms with van der Waals surface area (Å²) in [6.45, 7) is 0.795. The summed E-state index contributed by atoms with van der Waals surface area (Å²) >= 11 is 0. The SMILES string of the molecule is CCOC(=O)NC(=O)CNC(C)(C(=O)O)C(F)(F)F. The van der Waals surface area contributed by atoms with Crippen molar-refractivity contribution in [1.29, 1.82) is 0 Å². The third-order valence-electron chi connectivity index (χ3n) is 2.11. The van der Waals surface area contributed by atoms with Gasteiger partial charge in [0.25, 0.3) is 0 Å². The van der Waals surface area contributed by atoms with Gasteiger partial charge in [-0.3, -0.25) is 15.4 Å². The molecule has 0 aromatic rings. The number of imide groups is 1. The maximum Gasteiger partial charge on any atom is 0.417 e. The van der Waals surface area contributed by atoms with E-state index in [2.05, 4.69) is 4.74 Å². The van der Waals surface area contributed by atoms with E-state index in [1.807, 2.05) is 0 Å². The van der Waals surface area contributed by atoms with Gasteiger partial charge in [-0.05, 0) is 13.8 Å². The largest absolute Gasteiger partial charge is 0.480 e. The number of carboxylic acids is 1. The normalized spacial score (nSPS) is 14.4. The number of nitrogens with one attached hydrogen (secondary N) is 2. The molecule has 2 amide bonds. The Morgan fingerprint density at radius 3 is 2.16 bits per heavy atom. The highest BCUT2D eigenvalue weighted by atomic mass is 19.4. The van der Waals surface area contributed by atoms with Gasteiger partial charge in [-0.1, -0.05) is 0 Å². The van der Waals surface area contributed by atoms with Crippen LogP contribution in [0.1, 0.15) is 13.8 Å². The van der Waals surface area contributed by atoms with Crippen molar-refractivity contribution in [2.75, 3.05) is 13.2 Å². The molecule has 10 heteroatoms. The fourth-order valence-corrected chi connectivity index (χ4v) is 0.879. The number of carboxylic acid groups (broad SMARTS) is 1. The minimum absolute atomic E-state index is 0.0259. The number of amides is 2. The minimum atomic E-state index is -5.11. The summed E-state index contributed by atoms with van der Waals surface area (Å²) < 4.78 is 41.9. The van der Waals surface area contributed by atoms with Crippen molar-refractivity contribution < 1.29 is 37.4 Å². The smallest absolute Gasteiger partial charge is 0.417 e. The summed E-state index contributed by atoms with van der Waals surface area (Å²) in [5.41, 5.74) is -3.29. The molecule has 1 unspecified atom stereocenters. The molecule has 0 aliphatic heterocycles. The molecule has 0 radical (unpaired) electrons. The highest BCUT2D eigenvalue weighted by Gasteiger charge is 2.57. The topological polar surface area (TPSA) is 105 Å². The average molecular weight is 286 g/mol. The number of carbonyl (C=O) groups excluding carboxylic acids is 2. The van der Waals surface area contributed by atoms with E-state index in [-0.39, 0.29) is 6.61 Å². The van der Waals surface area contributed by atoms with Crippen LogP contribution in [-0.2, 0) is 14.3 Å². The molecule has 1 atom stereocenters. The number of carbonyl (C=O) groups is 3. The van der Waals surface area contributed by atoms with Gasteiger partial charge >= 0.3 is 18.2 Å². The van der Waals surface area contributed by atoms with Crippen LogP contribution >= 0.6 is 0 Å². The summed E-state index contributed by atoms with van der Waals surface area (Å²) in [7, 11) is 0. The molecule has 0 aromatic carbocycles. The van der Waals surface area contributed by atoms with Crippen molar-refractivity contribution in [3.8, 4) is 0 Å². The second kappa shape index (κ2) is 6.36. The van der Waals surface area contributed by atoms with Gasteiger partial charge in [0.15, 0.2) is 0 Å². The van der Waals surface area contributed by atoms with Crippen molar-refractivity contribution in [3.05, 3.63) is 0 Å². The lowest BCUT2D eigenvalue weighted by molar-refractivity contribution is -0.205. The van der Waals surface area contributed by atoms with Gasteiger partial charge in [0.1, 0.15) is 0 Å². The summed E-state index contributed by atoms with van der Waals surface area (Å²) in [5.74, 6) is -3.33. The van der Waals surface area contributed by atoms with Gasteiger partial charge in [-0.15, -0.1) is 0 Å². The molecule has 0 saturated heterocycles. The maximum atomic E-state index is 12.5. The van der Waals surface area contributed by atoms with E-state index in [4.69, 9.17) is 5.11 Å². The van der Waals surface area contributed by atoms with E-state index in [0.717, 1.165) is 0 Å². The van der Waals surface area contributed by atoms with Crippen molar-refractivity contribution in [2.45, 2.75) is 25.6 Å². The van der Waals surface area contributed by atoms with Crippen LogP contribution in [0.2, 0.25) is 0 Å². The highest BCUT2D eigenvalue weighted by Crippen LogP contribution is 2.30. The van der Waals surface area contributed by atoms with E-state index in [9.17, 15) is 27.6 Å². The van der Waals surface area contributed by atoms with Crippen LogP contribution in [-0.4, -0.2) is 47.9 Å². The van der Waals surface area contributed by atoms with Crippen molar-refractivity contribution in [2.24, 2.45) is 0 Å². The van der Waals surface area contributed by atoms with Gasteiger partial charge in [0.2, 0.25) is 11.4 Å². The molecule has 0 bridgehead atoms. The predicted molar refractivity (Wildman–Crippen MR) is 55.3 cm³/mol. The Kier molecular flexibility index (Phi) is 5.75. The first-order valence-corrected chi connectivity index (χ1v) is 5.06. The van der Waals surface area contributed by atoms with E-state index >= 15 is 0 Å². The Morgan fingerprint density at radius 1 is 1.26 bits per heavy atom. The maximum absolute atomic E-state index is 12.5. The Labute approximate surface area is 106 Å². The lowest BCUT2D eigenvalue weighted by Crippen LogP contribution is -2.62. The Hall–Kier alpha value is -1.84. The molecule has 7 nitrogen and oxygen atoms in total. The number of ether oxygens (including phenoxy) is 1. The first-order valence-electron chi connectivity index (χ1n) is 5.06. The Bertz CT molecular complexity index is 371. The first-order chi connectivity index (χ1) is 8.54. The molecule has 0 spiro atoms. The average Bonchev–Trinajstić information content (AvgIpc) is 2.24. The summed E-state index contributed by atoms with van der Waals surface area (Å²) in [6, 6.07) is 0. The number of rotatable bonds is 5. The van der Waals surface area contributed by atoms with Crippen LogP contribution in [0.25, 0.3) is 0 Å². The molecule has 0 rings (SSSR count). The zero-order valence-electron chi connectivity index (χ0n) is 10.1. The molecule has 0 aromatic heterocycles. The zero-order chi connectivity index (χ0) is 15.3. The number of halogens is 3. The molecule has 19 heavy (non-hydrogen) atoms. The second-order valence-electron chi connectivity index (χ2n) is 3.55. The zero-order valence-corrected chi connectivity index (χ0v) is 10.1. The standard InChI is InChI=1S/C9H13F3N2O5/c1-3-19-7(18)14-5(15)4-13-8(2,6(16)17)9(10,11)12/h13H,3-4H2,1-2H3,(H,16,17)(H,14,15,18). The molecule has 0 aliphatic carbocycles. The van der Waals surface area contributed by atoms with E-state index in [1.165, 1.54) is 12.2 Å². The molecule has 3 N–H and O–H groups in total. The number of hydrogen-bond donors (Lipinski definition) is 3. The van der Waals surface area contributed by atoms with Crippen LogP contribution in [0.3, 0.4) is 0 Å². The van der Waals surface area contributed by atoms with Gasteiger partial charge in [-0.2, -0.15) is 13.2 Å². The number of aliphatic carboxylic acids is 1. The van der Waals surface area contributed by atoms with Crippen LogP contribution in [0, 0.1) is 0 Å².